The molecule has 0 aliphatic carbocycles. The lowest BCUT2D eigenvalue weighted by Crippen LogP contribution is -2.25. The molecule has 0 fully saturated rings. The molecule has 1 rings (SSSR count). The van der Waals surface area contributed by atoms with E-state index in [1.54, 1.807) is 13.2 Å². The minimum absolute atomic E-state index is 0.105. The molecule has 16 heavy (non-hydrogen) atoms. The molecular weight excluding hydrogens is 205 g/mol. The molecule has 0 radical (unpaired) electrons. The van der Waals surface area contributed by atoms with Crippen molar-refractivity contribution in [1.29, 1.82) is 0 Å². The third-order valence-corrected chi connectivity index (χ3v) is 2.50. The fourth-order valence-corrected chi connectivity index (χ4v) is 1.63. The first kappa shape index (κ1) is 13.1. The fourth-order valence-electron chi connectivity index (χ4n) is 1.63. The second-order valence-corrected chi connectivity index (χ2v) is 4.10. The molecule has 0 bridgehead atoms. The largest absolute Gasteiger partial charge is 0.383 e. The summed E-state index contributed by atoms with van der Waals surface area (Å²) in [5.41, 5.74) is 0.795. The Bertz CT molecular complexity index is 304. The first-order valence-corrected chi connectivity index (χ1v) is 5.67. The molecule has 1 aromatic carbocycles. The Morgan fingerprint density at radius 3 is 2.81 bits per heavy atom. The predicted molar refractivity (Wildman–Crippen MR) is 64.0 cm³/mol. The third-order valence-electron chi connectivity index (χ3n) is 2.50. The molecule has 0 aliphatic rings. The maximum Gasteiger partial charge on any atom is 0.126 e. The van der Waals surface area contributed by atoms with Crippen molar-refractivity contribution in [3.05, 3.63) is 35.6 Å². The molecule has 0 spiro atoms. The van der Waals surface area contributed by atoms with Crippen LogP contribution in [0.25, 0.3) is 0 Å². The van der Waals surface area contributed by atoms with Gasteiger partial charge in [0.1, 0.15) is 5.82 Å². The summed E-state index contributed by atoms with van der Waals surface area (Å²) in [6, 6.07) is 6.96. The highest BCUT2D eigenvalue weighted by molar-refractivity contribution is 5.17. The number of halogens is 1. The first-order valence-electron chi connectivity index (χ1n) is 5.67. The maximum absolute atomic E-state index is 13.4. The maximum atomic E-state index is 13.4. The van der Waals surface area contributed by atoms with Gasteiger partial charge in [-0.1, -0.05) is 25.1 Å². The van der Waals surface area contributed by atoms with Crippen LogP contribution in [0, 0.1) is 11.7 Å². The standard InChI is InChI=1S/C13H20FNO/c1-11(10-15-7-8-16-2)9-12-5-3-4-6-13(12)14/h3-6,11,15H,7-10H2,1-2H3. The molecule has 0 aromatic heterocycles. The van der Waals surface area contributed by atoms with Gasteiger partial charge in [0.2, 0.25) is 0 Å². The Hall–Kier alpha value is -0.930. The third kappa shape index (κ3) is 4.73. The molecule has 0 heterocycles. The summed E-state index contributed by atoms with van der Waals surface area (Å²) in [5.74, 6) is 0.319. The van der Waals surface area contributed by atoms with Gasteiger partial charge < -0.3 is 10.1 Å². The van der Waals surface area contributed by atoms with E-state index in [0.29, 0.717) is 12.5 Å². The van der Waals surface area contributed by atoms with E-state index in [-0.39, 0.29) is 5.82 Å². The van der Waals surface area contributed by atoms with E-state index >= 15 is 0 Å². The first-order chi connectivity index (χ1) is 7.74. The molecule has 1 atom stereocenters. The average Bonchev–Trinajstić information content (AvgIpc) is 2.28. The molecule has 90 valence electrons. The molecule has 1 unspecified atom stereocenters. The summed E-state index contributed by atoms with van der Waals surface area (Å²) < 4.78 is 18.3. The number of benzene rings is 1. The van der Waals surface area contributed by atoms with Gasteiger partial charge in [0.15, 0.2) is 0 Å². The van der Waals surface area contributed by atoms with Crippen LogP contribution < -0.4 is 5.32 Å². The zero-order chi connectivity index (χ0) is 11.8. The van der Waals surface area contributed by atoms with Crippen molar-refractivity contribution in [3.8, 4) is 0 Å². The Kier molecular flexibility index (Phi) is 6.04. The number of nitrogens with one attached hydrogen (secondary N) is 1. The van der Waals surface area contributed by atoms with Gasteiger partial charge in [-0.05, 0) is 30.5 Å². The Morgan fingerprint density at radius 1 is 1.38 bits per heavy atom. The lowest BCUT2D eigenvalue weighted by molar-refractivity contribution is 0.198. The second-order valence-electron chi connectivity index (χ2n) is 4.10. The van der Waals surface area contributed by atoms with Crippen molar-refractivity contribution in [2.45, 2.75) is 13.3 Å². The van der Waals surface area contributed by atoms with Crippen LogP contribution in [0.15, 0.2) is 24.3 Å². The van der Waals surface area contributed by atoms with Crippen LogP contribution in [0.2, 0.25) is 0 Å². The van der Waals surface area contributed by atoms with Crippen molar-refractivity contribution in [3.63, 3.8) is 0 Å². The monoisotopic (exact) mass is 225 g/mol. The highest BCUT2D eigenvalue weighted by atomic mass is 19.1. The van der Waals surface area contributed by atoms with Crippen LogP contribution in [0.5, 0.6) is 0 Å². The zero-order valence-electron chi connectivity index (χ0n) is 10.0. The van der Waals surface area contributed by atoms with Crippen LogP contribution in [-0.4, -0.2) is 26.8 Å². The Morgan fingerprint density at radius 2 is 2.12 bits per heavy atom. The second kappa shape index (κ2) is 7.36. The van der Waals surface area contributed by atoms with Crippen molar-refractivity contribution in [2.24, 2.45) is 5.92 Å². The molecular formula is C13H20FNO. The van der Waals surface area contributed by atoms with Crippen molar-refractivity contribution >= 4 is 0 Å². The van der Waals surface area contributed by atoms with Crippen molar-refractivity contribution in [2.75, 3.05) is 26.8 Å². The number of methoxy groups -OCH3 is 1. The van der Waals surface area contributed by atoms with Crippen LogP contribution >= 0.6 is 0 Å². The van der Waals surface area contributed by atoms with E-state index in [4.69, 9.17) is 4.74 Å². The molecule has 0 amide bonds. The van der Waals surface area contributed by atoms with Gasteiger partial charge >= 0.3 is 0 Å². The van der Waals surface area contributed by atoms with Crippen LogP contribution in [0.3, 0.4) is 0 Å². The van der Waals surface area contributed by atoms with Gasteiger partial charge in [0.25, 0.3) is 0 Å². The van der Waals surface area contributed by atoms with E-state index in [2.05, 4.69) is 12.2 Å². The van der Waals surface area contributed by atoms with Gasteiger partial charge in [-0.3, -0.25) is 0 Å². The summed E-state index contributed by atoms with van der Waals surface area (Å²) in [6.07, 6.45) is 0.770. The fraction of sp³-hybridized carbons (Fsp3) is 0.538. The van der Waals surface area contributed by atoms with E-state index in [1.807, 2.05) is 12.1 Å². The van der Waals surface area contributed by atoms with Crippen LogP contribution in [0.1, 0.15) is 12.5 Å². The van der Waals surface area contributed by atoms with Crippen molar-refractivity contribution in [1.82, 2.24) is 5.32 Å². The number of ether oxygens (including phenoxy) is 1. The number of hydrogen-bond donors (Lipinski definition) is 1. The molecule has 3 heteroatoms. The summed E-state index contributed by atoms with van der Waals surface area (Å²) in [6.45, 7) is 4.56. The molecule has 0 saturated heterocycles. The topological polar surface area (TPSA) is 21.3 Å². The summed E-state index contributed by atoms with van der Waals surface area (Å²) in [7, 11) is 1.68. The van der Waals surface area contributed by atoms with Gasteiger partial charge in [-0.25, -0.2) is 4.39 Å². The molecule has 1 aromatic rings. The summed E-state index contributed by atoms with van der Waals surface area (Å²) in [5, 5.41) is 3.28. The van der Waals surface area contributed by atoms with E-state index in [9.17, 15) is 4.39 Å². The minimum Gasteiger partial charge on any atom is -0.383 e. The van der Waals surface area contributed by atoms with Crippen LogP contribution in [-0.2, 0) is 11.2 Å². The van der Waals surface area contributed by atoms with Crippen molar-refractivity contribution < 1.29 is 9.13 Å². The average molecular weight is 225 g/mol. The van der Waals surface area contributed by atoms with Gasteiger partial charge in [0, 0.05) is 13.7 Å². The smallest absolute Gasteiger partial charge is 0.126 e. The molecule has 2 nitrogen and oxygen atoms in total. The molecule has 1 N–H and O–H groups in total. The Balaban J connectivity index is 2.28. The summed E-state index contributed by atoms with van der Waals surface area (Å²) in [4.78, 5) is 0. The predicted octanol–water partition coefficient (Wildman–Crippen LogP) is 2.24. The number of rotatable bonds is 7. The highest BCUT2D eigenvalue weighted by Gasteiger charge is 2.06. The van der Waals surface area contributed by atoms with E-state index in [1.165, 1.54) is 6.07 Å². The van der Waals surface area contributed by atoms with Gasteiger partial charge in [-0.15, -0.1) is 0 Å². The lowest BCUT2D eigenvalue weighted by atomic mass is 10.0. The highest BCUT2D eigenvalue weighted by Crippen LogP contribution is 2.11. The van der Waals surface area contributed by atoms with Gasteiger partial charge in [-0.2, -0.15) is 0 Å². The van der Waals surface area contributed by atoms with E-state index in [0.717, 1.165) is 25.1 Å². The van der Waals surface area contributed by atoms with Gasteiger partial charge in [0.05, 0.1) is 6.61 Å². The van der Waals surface area contributed by atoms with Crippen LogP contribution in [0.4, 0.5) is 4.39 Å². The molecule has 0 saturated carbocycles. The minimum atomic E-state index is -0.105. The number of hydrogen-bond acceptors (Lipinski definition) is 2. The van der Waals surface area contributed by atoms with E-state index < -0.39 is 0 Å². The normalized spacial score (nSPS) is 12.7. The summed E-state index contributed by atoms with van der Waals surface area (Å²) >= 11 is 0. The SMILES string of the molecule is COCCNCC(C)Cc1ccccc1F. The quantitative estimate of drug-likeness (QED) is 0.719. The molecule has 0 aliphatic heterocycles. The Labute approximate surface area is 96.8 Å². The zero-order valence-corrected chi connectivity index (χ0v) is 10.0. The lowest BCUT2D eigenvalue weighted by Gasteiger charge is -2.12.